The molecule has 2 aromatic carbocycles. The van der Waals surface area contributed by atoms with Gasteiger partial charge in [0.2, 0.25) is 0 Å². The molecule has 0 bridgehead atoms. The monoisotopic (exact) mass is 401 g/mol. The number of ether oxygens (including phenoxy) is 1. The van der Waals surface area contributed by atoms with Crippen molar-refractivity contribution < 1.29 is 31.8 Å². The molecule has 3 rings (SSSR count). The average molecular weight is 401 g/mol. The van der Waals surface area contributed by atoms with E-state index in [0.717, 1.165) is 29.6 Å². The molecule has 9 heteroatoms. The largest absolute Gasteiger partial charge is 0.457 e. The predicted molar refractivity (Wildman–Crippen MR) is 90.1 cm³/mol. The highest BCUT2D eigenvalue weighted by Gasteiger charge is 2.52. The van der Waals surface area contributed by atoms with Gasteiger partial charge in [-0.2, -0.15) is 14.0 Å². The van der Waals surface area contributed by atoms with Crippen LogP contribution in [0.3, 0.4) is 0 Å². The van der Waals surface area contributed by atoms with Crippen molar-refractivity contribution in [3.05, 3.63) is 52.8 Å². The summed E-state index contributed by atoms with van der Waals surface area (Å²) in [5.74, 6) is -1.55. The maximum Gasteiger partial charge on any atom is 0.322 e. The SMILES string of the molecule is C/C=S1\c2ccc(Oc3cc(F)cc(C#N)c3)c(C(F)F)c2[C@@H](O)C1(F)F. The highest BCUT2D eigenvalue weighted by molar-refractivity contribution is 8.16. The lowest BCUT2D eigenvalue weighted by Gasteiger charge is -2.18. The van der Waals surface area contributed by atoms with E-state index in [1.165, 1.54) is 13.0 Å². The third-order valence-electron chi connectivity index (χ3n) is 4.01. The highest BCUT2D eigenvalue weighted by Crippen LogP contribution is 2.61. The minimum Gasteiger partial charge on any atom is -0.457 e. The second-order valence-corrected chi connectivity index (χ2v) is 7.75. The van der Waals surface area contributed by atoms with E-state index in [0.29, 0.717) is 0 Å². The molecule has 1 heterocycles. The van der Waals surface area contributed by atoms with Crippen LogP contribution in [0, 0.1) is 17.1 Å². The van der Waals surface area contributed by atoms with Crippen molar-refractivity contribution in [1.82, 2.24) is 0 Å². The molecule has 0 aromatic heterocycles. The molecule has 0 aliphatic carbocycles. The Bertz CT molecular complexity index is 984. The fraction of sp³-hybridized carbons (Fsp3) is 0.222. The Morgan fingerprint density at radius 3 is 2.59 bits per heavy atom. The van der Waals surface area contributed by atoms with Gasteiger partial charge in [-0.15, -0.1) is 0 Å². The van der Waals surface area contributed by atoms with E-state index in [1.54, 1.807) is 6.07 Å². The number of alkyl halides is 4. The molecule has 0 radical (unpaired) electrons. The topological polar surface area (TPSA) is 53.2 Å². The summed E-state index contributed by atoms with van der Waals surface area (Å²) in [4.78, 5) is -0.0883. The summed E-state index contributed by atoms with van der Waals surface area (Å²) < 4.78 is 74.8. The molecule has 0 spiro atoms. The van der Waals surface area contributed by atoms with Gasteiger partial charge in [0.15, 0.2) is 6.10 Å². The molecule has 1 aliphatic rings. The molecule has 2 atom stereocenters. The lowest BCUT2D eigenvalue weighted by Crippen LogP contribution is -2.19. The van der Waals surface area contributed by atoms with E-state index in [2.05, 4.69) is 0 Å². The molecular weight excluding hydrogens is 389 g/mol. The number of aliphatic hydroxyl groups excluding tert-OH is 1. The molecule has 3 nitrogen and oxygen atoms in total. The van der Waals surface area contributed by atoms with Gasteiger partial charge in [0.1, 0.15) is 17.3 Å². The fourth-order valence-electron chi connectivity index (χ4n) is 2.92. The van der Waals surface area contributed by atoms with Crippen LogP contribution in [-0.2, 0) is 0 Å². The van der Waals surface area contributed by atoms with Gasteiger partial charge in [-0.3, -0.25) is 0 Å². The van der Waals surface area contributed by atoms with Crippen molar-refractivity contribution in [2.45, 2.75) is 29.6 Å². The number of hydrogen-bond acceptors (Lipinski definition) is 3. The standard InChI is InChI=1S/C18H12F5NO2S/c1-2-27-13-4-3-12(26-11-6-9(8-24)5-10(19)7-11)14(17(20)21)15(13)16(25)18(27,22)23/h2-7,16-17,25H,1H3/t16-,27?/m1/s1. The van der Waals surface area contributed by atoms with Crippen LogP contribution in [0.5, 0.6) is 11.5 Å². The second-order valence-electron chi connectivity index (χ2n) is 5.62. The molecule has 27 heavy (non-hydrogen) atoms. The molecule has 1 unspecified atom stereocenters. The summed E-state index contributed by atoms with van der Waals surface area (Å²) in [6.07, 6.45) is -5.63. The van der Waals surface area contributed by atoms with Crippen LogP contribution < -0.4 is 4.74 Å². The van der Waals surface area contributed by atoms with Crippen molar-refractivity contribution >= 4 is 15.9 Å². The lowest BCUT2D eigenvalue weighted by atomic mass is 10.0. The van der Waals surface area contributed by atoms with Gasteiger partial charge in [0, 0.05) is 16.5 Å². The van der Waals surface area contributed by atoms with Gasteiger partial charge < -0.3 is 9.84 Å². The van der Waals surface area contributed by atoms with Gasteiger partial charge in [-0.1, -0.05) is 15.9 Å². The highest BCUT2D eigenvalue weighted by atomic mass is 32.2. The summed E-state index contributed by atoms with van der Waals surface area (Å²) in [6, 6.07) is 6.89. The Balaban J connectivity index is 2.17. The first-order valence-corrected chi connectivity index (χ1v) is 8.91. The Morgan fingerprint density at radius 1 is 1.30 bits per heavy atom. The third kappa shape index (κ3) is 3.19. The summed E-state index contributed by atoms with van der Waals surface area (Å²) in [5, 5.41) is 16.4. The van der Waals surface area contributed by atoms with E-state index in [9.17, 15) is 27.1 Å². The van der Waals surface area contributed by atoms with E-state index >= 15 is 0 Å². The maximum atomic E-state index is 14.3. The van der Waals surface area contributed by atoms with Crippen LogP contribution >= 0.6 is 10.5 Å². The number of fused-ring (bicyclic) bond motifs is 1. The number of aliphatic hydroxyl groups is 1. The van der Waals surface area contributed by atoms with E-state index in [1.807, 2.05) is 0 Å². The number of halogens is 5. The first kappa shape index (κ1) is 19.3. The van der Waals surface area contributed by atoms with Gasteiger partial charge in [-0.25, -0.2) is 13.2 Å². The van der Waals surface area contributed by atoms with E-state index < -0.39 is 51.0 Å². The van der Waals surface area contributed by atoms with Gasteiger partial charge >= 0.3 is 5.25 Å². The lowest BCUT2D eigenvalue weighted by molar-refractivity contribution is -0.0331. The second kappa shape index (κ2) is 6.94. The van der Waals surface area contributed by atoms with Crippen molar-refractivity contribution in [1.29, 1.82) is 5.26 Å². The van der Waals surface area contributed by atoms with Crippen LogP contribution in [0.4, 0.5) is 22.0 Å². The molecule has 142 valence electrons. The maximum absolute atomic E-state index is 14.3. The Labute approximate surface area is 153 Å². The van der Waals surface area contributed by atoms with Gasteiger partial charge in [-0.05, 0) is 31.2 Å². The summed E-state index contributed by atoms with van der Waals surface area (Å²) in [7, 11) is -1.84. The molecule has 0 saturated carbocycles. The first-order chi connectivity index (χ1) is 12.7. The number of hydrogen-bond donors (Lipinski definition) is 1. The smallest absolute Gasteiger partial charge is 0.322 e. The molecule has 0 saturated heterocycles. The summed E-state index contributed by atoms with van der Waals surface area (Å²) in [5.41, 5.74) is -1.55. The third-order valence-corrected chi connectivity index (χ3v) is 6.12. The Morgan fingerprint density at radius 2 is 2.00 bits per heavy atom. The van der Waals surface area contributed by atoms with Crippen LogP contribution in [-0.4, -0.2) is 15.7 Å². The van der Waals surface area contributed by atoms with Crippen molar-refractivity contribution in [2.75, 3.05) is 0 Å². The molecule has 0 amide bonds. The van der Waals surface area contributed by atoms with Crippen LogP contribution in [0.2, 0.25) is 0 Å². The molecule has 2 aromatic rings. The van der Waals surface area contributed by atoms with Crippen LogP contribution in [0.15, 0.2) is 35.2 Å². The number of nitrogens with zero attached hydrogens (tertiary/aromatic N) is 1. The zero-order valence-corrected chi connectivity index (χ0v) is 14.5. The van der Waals surface area contributed by atoms with Crippen molar-refractivity contribution in [2.24, 2.45) is 0 Å². The van der Waals surface area contributed by atoms with Crippen LogP contribution in [0.25, 0.3) is 0 Å². The number of rotatable bonds is 3. The first-order valence-electron chi connectivity index (χ1n) is 7.62. The van der Waals surface area contributed by atoms with E-state index in [-0.39, 0.29) is 16.2 Å². The van der Waals surface area contributed by atoms with E-state index in [4.69, 9.17) is 10.00 Å². The predicted octanol–water partition coefficient (Wildman–Crippen LogP) is 5.52. The number of nitriles is 1. The zero-order chi connectivity index (χ0) is 19.9. The van der Waals surface area contributed by atoms with Crippen molar-refractivity contribution in [3.63, 3.8) is 0 Å². The Hall–Kier alpha value is -2.44. The summed E-state index contributed by atoms with van der Waals surface area (Å²) in [6.45, 7) is 1.36. The molecule has 1 N–H and O–H groups in total. The normalized spacial score (nSPS) is 20.6. The Kier molecular flexibility index (Phi) is 4.97. The fourth-order valence-corrected chi connectivity index (χ4v) is 4.81. The minimum absolute atomic E-state index is 0.0883. The quantitative estimate of drug-likeness (QED) is 0.545. The van der Waals surface area contributed by atoms with Gasteiger partial charge in [0.05, 0.1) is 17.2 Å². The van der Waals surface area contributed by atoms with Crippen LogP contribution in [0.1, 0.15) is 36.1 Å². The zero-order valence-electron chi connectivity index (χ0n) is 13.7. The molecular formula is C18H12F5NO2S. The number of benzene rings is 2. The summed E-state index contributed by atoms with van der Waals surface area (Å²) >= 11 is 0. The molecule has 1 aliphatic heterocycles. The van der Waals surface area contributed by atoms with Gasteiger partial charge in [0.25, 0.3) is 6.43 Å². The minimum atomic E-state index is -3.62. The average Bonchev–Trinajstić information content (AvgIpc) is 2.80. The van der Waals surface area contributed by atoms with Crippen molar-refractivity contribution in [3.8, 4) is 17.6 Å². The molecule has 0 fully saturated rings.